The number of hydrogen-bond acceptors (Lipinski definition) is 5. The summed E-state index contributed by atoms with van der Waals surface area (Å²) < 4.78 is 12.1. The minimum atomic E-state index is -0.472. The second kappa shape index (κ2) is 6.80. The number of anilines is 1. The normalized spacial score (nSPS) is 17.4. The highest BCUT2D eigenvalue weighted by atomic mass is 16.7. The van der Waals surface area contributed by atoms with Crippen molar-refractivity contribution < 1.29 is 14.1 Å². The van der Waals surface area contributed by atoms with Crippen molar-refractivity contribution in [2.24, 2.45) is 0 Å². The van der Waals surface area contributed by atoms with Crippen LogP contribution in [0.25, 0.3) is 0 Å². The number of aromatic nitrogens is 1. The average molecular weight is 363 g/mol. The van der Waals surface area contributed by atoms with Gasteiger partial charge in [0, 0.05) is 11.8 Å². The Morgan fingerprint density at radius 2 is 1.81 bits per heavy atom. The minimum Gasteiger partial charge on any atom is -0.399 e. The summed E-state index contributed by atoms with van der Waals surface area (Å²) in [7, 11) is -0.472. The third-order valence-electron chi connectivity index (χ3n) is 5.15. The molecule has 0 unspecified atom stereocenters. The molecule has 0 aliphatic carbocycles. The van der Waals surface area contributed by atoms with Gasteiger partial charge >= 0.3 is 7.12 Å². The van der Waals surface area contributed by atoms with Crippen LogP contribution < -0.4 is 10.8 Å². The van der Waals surface area contributed by atoms with Crippen LogP contribution in [0.2, 0.25) is 0 Å². The predicted molar refractivity (Wildman–Crippen MR) is 104 cm³/mol. The lowest BCUT2D eigenvalue weighted by Gasteiger charge is -2.32. The lowest BCUT2D eigenvalue weighted by molar-refractivity contribution is 0.00578. The molecule has 2 aromatic rings. The number of carbonyl (C=O) groups is 1. The molecule has 1 amide bonds. The fraction of sp³-hybridized carbons (Fsp3) is 0.350. The highest BCUT2D eigenvalue weighted by Gasteiger charge is 2.51. The van der Waals surface area contributed by atoms with Crippen molar-refractivity contribution in [3.05, 3.63) is 53.2 Å². The van der Waals surface area contributed by atoms with Gasteiger partial charge in [-0.1, -0.05) is 12.1 Å². The maximum Gasteiger partial charge on any atom is 0.494 e. The molecule has 138 valence electrons. The van der Waals surface area contributed by atoms with Crippen molar-refractivity contribution >= 4 is 24.3 Å². The number of nitriles is 1. The molecule has 27 heavy (non-hydrogen) atoms. The Morgan fingerprint density at radius 1 is 1.15 bits per heavy atom. The number of carbonyl (C=O) groups excluding carboxylic acids is 1. The summed E-state index contributed by atoms with van der Waals surface area (Å²) in [6, 6.07) is 10.6. The van der Waals surface area contributed by atoms with Crippen LogP contribution in [0.15, 0.2) is 36.5 Å². The smallest absolute Gasteiger partial charge is 0.399 e. The van der Waals surface area contributed by atoms with E-state index < -0.39 is 18.3 Å². The van der Waals surface area contributed by atoms with Crippen LogP contribution in [0, 0.1) is 18.3 Å². The zero-order chi connectivity index (χ0) is 19.8. The van der Waals surface area contributed by atoms with E-state index in [1.54, 1.807) is 12.1 Å². The molecule has 0 spiro atoms. The zero-order valence-corrected chi connectivity index (χ0v) is 16.2. The molecule has 1 N–H and O–H groups in total. The quantitative estimate of drug-likeness (QED) is 0.848. The number of rotatable bonds is 3. The van der Waals surface area contributed by atoms with Gasteiger partial charge in [0.25, 0.3) is 5.91 Å². The summed E-state index contributed by atoms with van der Waals surface area (Å²) in [5, 5.41) is 11.7. The Hall–Kier alpha value is -2.69. The van der Waals surface area contributed by atoms with Gasteiger partial charge in [-0.2, -0.15) is 5.26 Å². The Kier molecular flexibility index (Phi) is 4.81. The number of hydrogen-bond donors (Lipinski definition) is 1. The molecule has 7 heteroatoms. The molecule has 1 aliphatic rings. The van der Waals surface area contributed by atoms with Gasteiger partial charge < -0.3 is 14.6 Å². The second-order valence-electron chi connectivity index (χ2n) is 7.66. The first-order valence-electron chi connectivity index (χ1n) is 8.77. The minimum absolute atomic E-state index is 0.282. The Bertz CT molecular complexity index is 918. The third-order valence-corrected chi connectivity index (χ3v) is 5.15. The number of benzene rings is 1. The Balaban J connectivity index is 1.79. The van der Waals surface area contributed by atoms with Gasteiger partial charge in [-0.05, 0) is 63.8 Å². The molecule has 1 aliphatic heterocycles. The molecule has 0 bridgehead atoms. The Labute approximate surface area is 159 Å². The zero-order valence-electron chi connectivity index (χ0n) is 16.2. The second-order valence-corrected chi connectivity index (χ2v) is 7.66. The summed E-state index contributed by atoms with van der Waals surface area (Å²) >= 11 is 0. The van der Waals surface area contributed by atoms with E-state index in [-0.39, 0.29) is 5.91 Å². The molecule has 1 aromatic carbocycles. The van der Waals surface area contributed by atoms with Gasteiger partial charge in [0.1, 0.15) is 5.82 Å². The standard InChI is InChI=1S/C20H22BN3O3/c1-13-10-15(21-26-19(2,3)20(4,5)27-21)6-7-16(13)18(25)24-17-11-14(12-22)8-9-23-17/h6-11H,1-5H3,(H,23,24,25). The SMILES string of the molecule is Cc1cc(B2OC(C)(C)C(C)(C)O2)ccc1C(=O)Nc1cc(C#N)ccn1. The maximum absolute atomic E-state index is 12.6. The first kappa shape index (κ1) is 19.1. The number of pyridine rings is 1. The van der Waals surface area contributed by atoms with Gasteiger partial charge in [-0.3, -0.25) is 4.79 Å². The molecular weight excluding hydrogens is 341 g/mol. The molecule has 0 saturated carbocycles. The van der Waals surface area contributed by atoms with Crippen LogP contribution >= 0.6 is 0 Å². The van der Waals surface area contributed by atoms with Crippen molar-refractivity contribution in [1.29, 1.82) is 5.26 Å². The van der Waals surface area contributed by atoms with E-state index in [1.165, 1.54) is 12.3 Å². The summed E-state index contributed by atoms with van der Waals surface area (Å²) in [5.74, 6) is 0.0593. The van der Waals surface area contributed by atoms with E-state index in [9.17, 15) is 4.79 Å². The first-order valence-corrected chi connectivity index (χ1v) is 8.77. The number of nitrogens with one attached hydrogen (secondary N) is 1. The molecule has 1 aromatic heterocycles. The molecule has 1 saturated heterocycles. The molecule has 0 radical (unpaired) electrons. The van der Waals surface area contributed by atoms with E-state index in [2.05, 4.69) is 10.3 Å². The fourth-order valence-corrected chi connectivity index (χ4v) is 2.82. The van der Waals surface area contributed by atoms with E-state index >= 15 is 0 Å². The topological polar surface area (TPSA) is 84.2 Å². The summed E-state index contributed by atoms with van der Waals surface area (Å²) in [6.45, 7) is 9.88. The predicted octanol–water partition coefficient (Wildman–Crippen LogP) is 2.81. The third kappa shape index (κ3) is 3.73. The van der Waals surface area contributed by atoms with Crippen molar-refractivity contribution in [2.45, 2.75) is 45.8 Å². The summed E-state index contributed by atoms with van der Waals surface area (Å²) in [6.07, 6.45) is 1.49. The van der Waals surface area contributed by atoms with Crippen molar-refractivity contribution in [3.8, 4) is 6.07 Å². The van der Waals surface area contributed by atoms with Gasteiger partial charge in [-0.25, -0.2) is 4.98 Å². The van der Waals surface area contributed by atoms with Crippen LogP contribution in [0.3, 0.4) is 0 Å². The van der Waals surface area contributed by atoms with Crippen LogP contribution in [-0.4, -0.2) is 29.2 Å². The van der Waals surface area contributed by atoms with Gasteiger partial charge in [0.15, 0.2) is 0 Å². The Morgan fingerprint density at radius 3 is 2.41 bits per heavy atom. The molecule has 6 nitrogen and oxygen atoms in total. The lowest BCUT2D eigenvalue weighted by atomic mass is 9.78. The van der Waals surface area contributed by atoms with E-state index in [0.29, 0.717) is 16.9 Å². The molecule has 3 rings (SSSR count). The maximum atomic E-state index is 12.6. The van der Waals surface area contributed by atoms with E-state index in [0.717, 1.165) is 11.0 Å². The van der Waals surface area contributed by atoms with Gasteiger partial charge in [-0.15, -0.1) is 0 Å². The van der Waals surface area contributed by atoms with Gasteiger partial charge in [0.2, 0.25) is 0 Å². The highest BCUT2D eigenvalue weighted by Crippen LogP contribution is 2.36. The average Bonchev–Trinajstić information content (AvgIpc) is 2.82. The van der Waals surface area contributed by atoms with Crippen molar-refractivity contribution in [2.75, 3.05) is 5.32 Å². The number of nitrogens with zero attached hydrogens (tertiary/aromatic N) is 2. The molecule has 2 heterocycles. The van der Waals surface area contributed by atoms with E-state index in [1.807, 2.05) is 52.8 Å². The fourth-order valence-electron chi connectivity index (χ4n) is 2.82. The van der Waals surface area contributed by atoms with E-state index in [4.69, 9.17) is 14.6 Å². The van der Waals surface area contributed by atoms with Crippen LogP contribution in [-0.2, 0) is 9.31 Å². The van der Waals surface area contributed by atoms with Crippen molar-refractivity contribution in [1.82, 2.24) is 4.98 Å². The van der Waals surface area contributed by atoms with Crippen LogP contribution in [0.5, 0.6) is 0 Å². The summed E-state index contributed by atoms with van der Waals surface area (Å²) in [5.41, 5.74) is 1.80. The molecule has 0 atom stereocenters. The molecular formula is C20H22BN3O3. The lowest BCUT2D eigenvalue weighted by Crippen LogP contribution is -2.41. The first-order chi connectivity index (χ1) is 12.6. The highest BCUT2D eigenvalue weighted by molar-refractivity contribution is 6.62. The summed E-state index contributed by atoms with van der Waals surface area (Å²) in [4.78, 5) is 16.6. The monoisotopic (exact) mass is 363 g/mol. The van der Waals surface area contributed by atoms with Crippen LogP contribution in [0.1, 0.15) is 49.2 Å². The van der Waals surface area contributed by atoms with Crippen LogP contribution in [0.4, 0.5) is 5.82 Å². The van der Waals surface area contributed by atoms with Crippen molar-refractivity contribution in [3.63, 3.8) is 0 Å². The van der Waals surface area contributed by atoms with Gasteiger partial charge in [0.05, 0.1) is 22.8 Å². The number of aryl methyl sites for hydroxylation is 1. The largest absolute Gasteiger partial charge is 0.494 e. The molecule has 1 fully saturated rings. The number of amides is 1.